The van der Waals surface area contributed by atoms with E-state index in [1.54, 1.807) is 35.2 Å². The largest absolute Gasteiger partial charge is 0.443 e. The van der Waals surface area contributed by atoms with Crippen molar-refractivity contribution in [3.8, 4) is 11.3 Å². The summed E-state index contributed by atoms with van der Waals surface area (Å²) in [5.41, 5.74) is 1.32. The smallest absolute Gasteiger partial charge is 0.276 e. The number of hydrogen-bond donors (Lipinski definition) is 0. The molecule has 0 unspecified atom stereocenters. The summed E-state index contributed by atoms with van der Waals surface area (Å²) in [5, 5.41) is 0. The number of para-hydroxylation sites is 1. The van der Waals surface area contributed by atoms with Gasteiger partial charge in [0.05, 0.1) is 5.69 Å². The first kappa shape index (κ1) is 17.2. The lowest BCUT2D eigenvalue weighted by Crippen LogP contribution is -2.49. The Morgan fingerprint density at radius 2 is 1.67 bits per heavy atom. The molecule has 1 aromatic heterocycles. The molecule has 1 aliphatic rings. The number of oxazole rings is 1. The van der Waals surface area contributed by atoms with Crippen molar-refractivity contribution in [1.29, 1.82) is 0 Å². The van der Waals surface area contributed by atoms with E-state index in [2.05, 4.69) is 4.98 Å². The van der Waals surface area contributed by atoms with Crippen LogP contribution in [0.3, 0.4) is 0 Å². The number of carbonyl (C=O) groups excluding carboxylic acids is 1. The Morgan fingerprint density at radius 1 is 0.963 bits per heavy atom. The van der Waals surface area contributed by atoms with Crippen LogP contribution in [0.4, 0.5) is 14.5 Å². The summed E-state index contributed by atoms with van der Waals surface area (Å²) in [4.78, 5) is 20.5. The van der Waals surface area contributed by atoms with Crippen molar-refractivity contribution in [2.75, 3.05) is 31.1 Å². The Kier molecular flexibility index (Phi) is 4.58. The highest BCUT2D eigenvalue weighted by molar-refractivity contribution is 5.97. The minimum absolute atomic E-state index is 0.195. The van der Waals surface area contributed by atoms with Gasteiger partial charge in [0.25, 0.3) is 5.91 Å². The first-order valence-electron chi connectivity index (χ1n) is 8.61. The Balaban J connectivity index is 1.48. The summed E-state index contributed by atoms with van der Waals surface area (Å²) in [6.07, 6.45) is 1.21. The first-order valence-corrected chi connectivity index (χ1v) is 8.61. The third-order valence-corrected chi connectivity index (χ3v) is 4.64. The van der Waals surface area contributed by atoms with Gasteiger partial charge in [-0.05, 0) is 36.4 Å². The molecule has 1 aliphatic heterocycles. The summed E-state index contributed by atoms with van der Waals surface area (Å²) >= 11 is 0. The van der Waals surface area contributed by atoms with Crippen LogP contribution < -0.4 is 4.90 Å². The van der Waals surface area contributed by atoms with Crippen LogP contribution in [0.25, 0.3) is 11.3 Å². The molecule has 1 saturated heterocycles. The molecule has 4 rings (SSSR count). The van der Waals surface area contributed by atoms with Gasteiger partial charge in [-0.3, -0.25) is 4.79 Å². The highest BCUT2D eigenvalue weighted by Gasteiger charge is 2.27. The van der Waals surface area contributed by atoms with Gasteiger partial charge in [0.2, 0.25) is 0 Å². The van der Waals surface area contributed by atoms with E-state index in [9.17, 15) is 13.6 Å². The predicted octanol–water partition coefficient (Wildman–Crippen LogP) is 3.58. The standard InChI is InChI=1S/C20H17F2N3O2/c21-15-7-5-14(6-8-15)19-18(23-13-27-19)20(26)25-11-9-24(10-12-25)17-4-2-1-3-16(17)22/h1-8,13H,9-12H2. The third kappa shape index (κ3) is 3.40. The average molecular weight is 369 g/mol. The third-order valence-electron chi connectivity index (χ3n) is 4.64. The molecule has 0 atom stereocenters. The number of hydrogen-bond acceptors (Lipinski definition) is 4. The number of nitrogens with zero attached hydrogens (tertiary/aromatic N) is 3. The average Bonchev–Trinajstić information content (AvgIpc) is 3.18. The Morgan fingerprint density at radius 3 is 2.37 bits per heavy atom. The molecule has 2 aromatic carbocycles. The maximum absolute atomic E-state index is 14.0. The molecule has 0 spiro atoms. The predicted molar refractivity (Wildman–Crippen MR) is 96.4 cm³/mol. The zero-order chi connectivity index (χ0) is 18.8. The first-order chi connectivity index (χ1) is 13.1. The van der Waals surface area contributed by atoms with Crippen molar-refractivity contribution in [2.24, 2.45) is 0 Å². The summed E-state index contributed by atoms with van der Waals surface area (Å²) in [6, 6.07) is 12.3. The van der Waals surface area contributed by atoms with E-state index in [0.29, 0.717) is 43.2 Å². The SMILES string of the molecule is O=C(c1ncoc1-c1ccc(F)cc1)N1CCN(c2ccccc2F)CC1. The van der Waals surface area contributed by atoms with Crippen LogP contribution in [0.2, 0.25) is 0 Å². The zero-order valence-corrected chi connectivity index (χ0v) is 14.4. The van der Waals surface area contributed by atoms with Crippen LogP contribution in [-0.4, -0.2) is 42.0 Å². The van der Waals surface area contributed by atoms with Crippen molar-refractivity contribution >= 4 is 11.6 Å². The van der Waals surface area contributed by atoms with Gasteiger partial charge in [0.15, 0.2) is 17.8 Å². The van der Waals surface area contributed by atoms with Crippen molar-refractivity contribution in [2.45, 2.75) is 0 Å². The van der Waals surface area contributed by atoms with Gasteiger partial charge in [-0.15, -0.1) is 0 Å². The van der Waals surface area contributed by atoms with Gasteiger partial charge in [0.1, 0.15) is 11.6 Å². The van der Waals surface area contributed by atoms with Crippen LogP contribution in [-0.2, 0) is 0 Å². The number of benzene rings is 2. The summed E-state index contributed by atoms with van der Waals surface area (Å²) < 4.78 is 32.4. The van der Waals surface area contributed by atoms with Crippen LogP contribution >= 0.6 is 0 Å². The fourth-order valence-electron chi connectivity index (χ4n) is 3.21. The van der Waals surface area contributed by atoms with Crippen molar-refractivity contribution in [1.82, 2.24) is 9.88 Å². The minimum Gasteiger partial charge on any atom is -0.443 e. The van der Waals surface area contributed by atoms with Gasteiger partial charge in [-0.1, -0.05) is 12.1 Å². The van der Waals surface area contributed by atoms with E-state index < -0.39 is 0 Å². The van der Waals surface area contributed by atoms with Crippen LogP contribution in [0.1, 0.15) is 10.5 Å². The molecule has 7 heteroatoms. The highest BCUT2D eigenvalue weighted by atomic mass is 19.1. The van der Waals surface area contributed by atoms with Gasteiger partial charge >= 0.3 is 0 Å². The molecule has 0 N–H and O–H groups in total. The quantitative estimate of drug-likeness (QED) is 0.708. The molecule has 3 aromatic rings. The maximum atomic E-state index is 14.0. The molecular formula is C20H17F2N3O2. The molecule has 0 radical (unpaired) electrons. The number of anilines is 1. The molecule has 5 nitrogen and oxygen atoms in total. The van der Waals surface area contributed by atoms with E-state index in [1.165, 1.54) is 24.6 Å². The monoisotopic (exact) mass is 369 g/mol. The lowest BCUT2D eigenvalue weighted by atomic mass is 10.1. The van der Waals surface area contributed by atoms with E-state index in [-0.39, 0.29) is 23.2 Å². The topological polar surface area (TPSA) is 49.6 Å². The molecular weight excluding hydrogens is 352 g/mol. The van der Waals surface area contributed by atoms with E-state index >= 15 is 0 Å². The maximum Gasteiger partial charge on any atom is 0.276 e. The second-order valence-electron chi connectivity index (χ2n) is 6.27. The second kappa shape index (κ2) is 7.19. The minimum atomic E-state index is -0.365. The van der Waals surface area contributed by atoms with Gasteiger partial charge in [-0.25, -0.2) is 13.8 Å². The molecule has 1 fully saturated rings. The Bertz CT molecular complexity index is 948. The molecule has 138 valence electrons. The number of piperazine rings is 1. The fourth-order valence-corrected chi connectivity index (χ4v) is 3.21. The number of amides is 1. The van der Waals surface area contributed by atoms with Crippen molar-refractivity contribution in [3.05, 3.63) is 72.3 Å². The van der Waals surface area contributed by atoms with Crippen LogP contribution in [0.5, 0.6) is 0 Å². The molecule has 1 amide bonds. The molecule has 2 heterocycles. The van der Waals surface area contributed by atoms with Crippen molar-refractivity contribution in [3.63, 3.8) is 0 Å². The highest BCUT2D eigenvalue weighted by Crippen LogP contribution is 2.26. The summed E-state index contributed by atoms with van der Waals surface area (Å²) in [6.45, 7) is 1.94. The summed E-state index contributed by atoms with van der Waals surface area (Å²) in [7, 11) is 0. The zero-order valence-electron chi connectivity index (χ0n) is 14.4. The number of carbonyl (C=O) groups is 1. The summed E-state index contributed by atoms with van der Waals surface area (Å²) in [5.74, 6) is -0.574. The van der Waals surface area contributed by atoms with Crippen molar-refractivity contribution < 1.29 is 18.0 Å². The van der Waals surface area contributed by atoms with Gasteiger partial charge < -0.3 is 14.2 Å². The van der Waals surface area contributed by atoms with E-state index in [0.717, 1.165) is 0 Å². The lowest BCUT2D eigenvalue weighted by Gasteiger charge is -2.36. The van der Waals surface area contributed by atoms with Crippen LogP contribution in [0, 0.1) is 11.6 Å². The van der Waals surface area contributed by atoms with Gasteiger partial charge in [0, 0.05) is 31.7 Å². The fraction of sp³-hybridized carbons (Fsp3) is 0.200. The number of halogens is 2. The number of rotatable bonds is 3. The van der Waals surface area contributed by atoms with E-state index in [1.807, 2.05) is 4.90 Å². The molecule has 0 bridgehead atoms. The lowest BCUT2D eigenvalue weighted by molar-refractivity contribution is 0.0741. The Labute approximate surface area is 154 Å². The Hall–Kier alpha value is -3.22. The molecule has 0 saturated carbocycles. The van der Waals surface area contributed by atoms with E-state index in [4.69, 9.17) is 4.42 Å². The number of aromatic nitrogens is 1. The molecule has 0 aliphatic carbocycles. The van der Waals surface area contributed by atoms with Gasteiger partial charge in [-0.2, -0.15) is 0 Å². The second-order valence-corrected chi connectivity index (χ2v) is 6.27. The normalized spacial score (nSPS) is 14.4. The van der Waals surface area contributed by atoms with Crippen LogP contribution in [0.15, 0.2) is 59.3 Å². The molecule has 27 heavy (non-hydrogen) atoms.